The van der Waals surface area contributed by atoms with Crippen molar-refractivity contribution in [1.29, 1.82) is 0 Å². The van der Waals surface area contributed by atoms with E-state index in [1.807, 2.05) is 0 Å². The third-order valence-electron chi connectivity index (χ3n) is 7.37. The summed E-state index contributed by atoms with van der Waals surface area (Å²) in [5, 5.41) is 6.50. The summed E-state index contributed by atoms with van der Waals surface area (Å²) in [7, 11) is 0. The molecule has 0 aromatic rings. The average molecular weight is 375 g/mol. The molecular formula is C21H34N4O2. The second kappa shape index (κ2) is 7.90. The number of hydrogen-bond donors (Lipinski definition) is 3. The van der Waals surface area contributed by atoms with E-state index in [0.29, 0.717) is 36.6 Å². The van der Waals surface area contributed by atoms with E-state index >= 15 is 0 Å². The zero-order valence-corrected chi connectivity index (χ0v) is 16.5. The molecule has 6 heteroatoms. The SMILES string of the molecule is CC1CCCC2CC(C(=O)NC3CC4CCC(C3)C4NC(=O)CCN)N=C12. The van der Waals surface area contributed by atoms with E-state index in [0.717, 1.165) is 32.1 Å². The number of nitrogens with two attached hydrogens (primary N) is 1. The number of carbonyl (C=O) groups is 2. The van der Waals surface area contributed by atoms with Crippen LogP contribution in [-0.4, -0.2) is 42.2 Å². The van der Waals surface area contributed by atoms with Crippen molar-refractivity contribution in [2.75, 3.05) is 6.54 Å². The number of nitrogens with one attached hydrogen (secondary N) is 2. The molecule has 1 aliphatic heterocycles. The molecule has 5 atom stereocenters. The van der Waals surface area contributed by atoms with E-state index in [-0.39, 0.29) is 29.9 Å². The van der Waals surface area contributed by atoms with E-state index < -0.39 is 0 Å². The monoisotopic (exact) mass is 374 g/mol. The zero-order valence-electron chi connectivity index (χ0n) is 16.5. The van der Waals surface area contributed by atoms with Gasteiger partial charge in [0.25, 0.3) is 0 Å². The highest BCUT2D eigenvalue weighted by molar-refractivity contribution is 5.96. The number of aliphatic imine (C=N–C) groups is 1. The lowest BCUT2D eigenvalue weighted by Crippen LogP contribution is -2.51. The lowest BCUT2D eigenvalue weighted by atomic mass is 9.79. The van der Waals surface area contributed by atoms with Crippen molar-refractivity contribution in [2.45, 2.75) is 82.8 Å². The first-order valence-electron chi connectivity index (χ1n) is 10.9. The molecule has 0 saturated heterocycles. The van der Waals surface area contributed by atoms with Gasteiger partial charge in [-0.15, -0.1) is 0 Å². The molecule has 1 heterocycles. The second-order valence-electron chi connectivity index (χ2n) is 9.24. The molecule has 2 bridgehead atoms. The number of carbonyl (C=O) groups excluding carboxylic acids is 2. The maximum atomic E-state index is 12.8. The Hall–Kier alpha value is -1.43. The van der Waals surface area contributed by atoms with Gasteiger partial charge in [0.1, 0.15) is 6.04 Å². The number of fused-ring (bicyclic) bond motifs is 3. The van der Waals surface area contributed by atoms with E-state index in [4.69, 9.17) is 10.7 Å². The summed E-state index contributed by atoms with van der Waals surface area (Å²) in [6.45, 7) is 2.65. The highest BCUT2D eigenvalue weighted by Crippen LogP contribution is 2.42. The molecule has 3 aliphatic carbocycles. The van der Waals surface area contributed by atoms with Crippen LogP contribution >= 0.6 is 0 Å². The fourth-order valence-electron chi connectivity index (χ4n) is 6.08. The summed E-state index contributed by atoms with van der Waals surface area (Å²) in [5.41, 5.74) is 6.79. The van der Waals surface area contributed by atoms with Gasteiger partial charge in [0, 0.05) is 30.8 Å². The molecule has 0 radical (unpaired) electrons. The Morgan fingerprint density at radius 1 is 1.07 bits per heavy atom. The van der Waals surface area contributed by atoms with Crippen LogP contribution in [0.3, 0.4) is 0 Å². The number of hydrogen-bond acceptors (Lipinski definition) is 4. The maximum Gasteiger partial charge on any atom is 0.245 e. The van der Waals surface area contributed by atoms with Gasteiger partial charge in [-0.2, -0.15) is 0 Å². The van der Waals surface area contributed by atoms with Gasteiger partial charge in [0.2, 0.25) is 11.8 Å². The summed E-state index contributed by atoms with van der Waals surface area (Å²) >= 11 is 0. The van der Waals surface area contributed by atoms with Gasteiger partial charge in [-0.3, -0.25) is 14.6 Å². The van der Waals surface area contributed by atoms with Crippen LogP contribution in [0.5, 0.6) is 0 Å². The van der Waals surface area contributed by atoms with Gasteiger partial charge in [-0.05, 0) is 68.6 Å². The Morgan fingerprint density at radius 2 is 1.81 bits per heavy atom. The summed E-state index contributed by atoms with van der Waals surface area (Å²) in [6, 6.07) is 0.329. The minimum Gasteiger partial charge on any atom is -0.353 e. The van der Waals surface area contributed by atoms with Crippen LogP contribution < -0.4 is 16.4 Å². The quantitative estimate of drug-likeness (QED) is 0.684. The van der Waals surface area contributed by atoms with Crippen LogP contribution in [0.25, 0.3) is 0 Å². The predicted octanol–water partition coefficient (Wildman–Crippen LogP) is 1.77. The standard InChI is InChI=1S/C21H34N4O2/c1-12-3-2-4-13-11-17(24-19(12)13)21(27)23-16-9-14-5-6-15(10-16)20(14)25-18(26)7-8-22/h12-17,20H,2-11,22H2,1H3,(H,23,27)(H,25,26). The third-order valence-corrected chi connectivity index (χ3v) is 7.37. The normalized spacial score (nSPS) is 40.2. The topological polar surface area (TPSA) is 96.6 Å². The van der Waals surface area contributed by atoms with Crippen LogP contribution in [-0.2, 0) is 9.59 Å². The Morgan fingerprint density at radius 3 is 2.48 bits per heavy atom. The molecule has 2 amide bonds. The molecule has 0 aromatic carbocycles. The van der Waals surface area contributed by atoms with E-state index in [9.17, 15) is 9.59 Å². The Balaban J connectivity index is 1.31. The zero-order chi connectivity index (χ0) is 19.0. The van der Waals surface area contributed by atoms with Gasteiger partial charge in [-0.25, -0.2) is 0 Å². The molecule has 0 spiro atoms. The van der Waals surface area contributed by atoms with E-state index in [1.54, 1.807) is 0 Å². The van der Waals surface area contributed by atoms with Crippen LogP contribution in [0.1, 0.15) is 64.7 Å². The van der Waals surface area contributed by atoms with Crippen molar-refractivity contribution in [3.63, 3.8) is 0 Å². The average Bonchev–Trinajstić information content (AvgIpc) is 3.15. The minimum atomic E-state index is -0.176. The van der Waals surface area contributed by atoms with Gasteiger partial charge in [0.05, 0.1) is 0 Å². The molecule has 3 saturated carbocycles. The smallest absolute Gasteiger partial charge is 0.245 e. The maximum absolute atomic E-state index is 12.8. The van der Waals surface area contributed by atoms with Gasteiger partial charge >= 0.3 is 0 Å². The molecule has 5 unspecified atom stereocenters. The summed E-state index contributed by atoms with van der Waals surface area (Å²) in [4.78, 5) is 29.6. The Kier molecular flexibility index (Phi) is 5.53. The highest BCUT2D eigenvalue weighted by atomic mass is 16.2. The molecule has 0 aromatic heterocycles. The van der Waals surface area contributed by atoms with Crippen LogP contribution in [0.15, 0.2) is 4.99 Å². The molecule has 6 nitrogen and oxygen atoms in total. The van der Waals surface area contributed by atoms with Crippen molar-refractivity contribution in [3.8, 4) is 0 Å². The minimum absolute atomic E-state index is 0.0698. The van der Waals surface area contributed by atoms with Crippen LogP contribution in [0.4, 0.5) is 0 Å². The molecule has 150 valence electrons. The van der Waals surface area contributed by atoms with Crippen molar-refractivity contribution in [2.24, 2.45) is 34.4 Å². The summed E-state index contributed by atoms with van der Waals surface area (Å²) in [6.07, 6.45) is 9.23. The Labute approximate surface area is 162 Å². The molecule has 27 heavy (non-hydrogen) atoms. The summed E-state index contributed by atoms with van der Waals surface area (Å²) < 4.78 is 0. The van der Waals surface area contributed by atoms with Crippen molar-refractivity contribution in [1.82, 2.24) is 10.6 Å². The molecule has 4 rings (SSSR count). The van der Waals surface area contributed by atoms with E-state index in [1.165, 1.54) is 25.0 Å². The van der Waals surface area contributed by atoms with Gasteiger partial charge < -0.3 is 16.4 Å². The molecule has 4 N–H and O–H groups in total. The van der Waals surface area contributed by atoms with Crippen LogP contribution in [0.2, 0.25) is 0 Å². The summed E-state index contributed by atoms with van der Waals surface area (Å²) in [5.74, 6) is 2.24. The van der Waals surface area contributed by atoms with Gasteiger partial charge in [0.15, 0.2) is 0 Å². The number of amides is 2. The van der Waals surface area contributed by atoms with Crippen molar-refractivity contribution < 1.29 is 9.59 Å². The fourth-order valence-corrected chi connectivity index (χ4v) is 6.08. The first kappa shape index (κ1) is 18.9. The highest BCUT2D eigenvalue weighted by Gasteiger charge is 2.44. The molecular weight excluding hydrogens is 340 g/mol. The van der Waals surface area contributed by atoms with Crippen LogP contribution in [0, 0.1) is 23.7 Å². The van der Waals surface area contributed by atoms with Gasteiger partial charge in [-0.1, -0.05) is 13.3 Å². The lowest BCUT2D eigenvalue weighted by Gasteiger charge is -2.36. The largest absolute Gasteiger partial charge is 0.353 e. The molecule has 3 fully saturated rings. The van der Waals surface area contributed by atoms with E-state index in [2.05, 4.69) is 17.6 Å². The number of rotatable bonds is 5. The Bertz CT molecular complexity index is 605. The second-order valence-corrected chi connectivity index (χ2v) is 9.24. The number of nitrogens with zero attached hydrogens (tertiary/aromatic N) is 1. The third kappa shape index (κ3) is 3.91. The predicted molar refractivity (Wildman–Crippen MR) is 105 cm³/mol. The first-order valence-corrected chi connectivity index (χ1v) is 10.9. The fraction of sp³-hybridized carbons (Fsp3) is 0.857. The lowest BCUT2D eigenvalue weighted by molar-refractivity contribution is -0.125. The van der Waals surface area contributed by atoms with Crippen molar-refractivity contribution >= 4 is 17.5 Å². The first-order chi connectivity index (χ1) is 13.0. The van der Waals surface area contributed by atoms with Crippen molar-refractivity contribution in [3.05, 3.63) is 0 Å². The molecule has 4 aliphatic rings.